The van der Waals surface area contributed by atoms with E-state index < -0.39 is 10.0 Å². The van der Waals surface area contributed by atoms with E-state index in [-0.39, 0.29) is 5.54 Å². The van der Waals surface area contributed by atoms with Crippen molar-refractivity contribution in [2.45, 2.75) is 57.5 Å². The molecule has 0 aliphatic heterocycles. The maximum absolute atomic E-state index is 12.3. The van der Waals surface area contributed by atoms with Crippen molar-refractivity contribution in [2.24, 2.45) is 0 Å². The molecule has 6 heteroatoms. The van der Waals surface area contributed by atoms with Gasteiger partial charge in [0.15, 0.2) is 0 Å². The fourth-order valence-corrected chi connectivity index (χ4v) is 4.41. The highest BCUT2D eigenvalue weighted by Gasteiger charge is 2.27. The zero-order valence-corrected chi connectivity index (χ0v) is 13.7. The average molecular weight is 304 g/mol. The first kappa shape index (κ1) is 16.6. The highest BCUT2D eigenvalue weighted by Crippen LogP contribution is 2.23. The molecule has 0 unspecified atom stereocenters. The Balaban J connectivity index is 2.85. The summed E-state index contributed by atoms with van der Waals surface area (Å²) in [5.41, 5.74) is -0.372. The van der Waals surface area contributed by atoms with E-state index in [9.17, 15) is 8.42 Å². The standard InChI is InChI=1S/C13H24N2O2S2/c1-5-13(4,6-2)15-19(16,17)12-8-11(18-10-12)9-14-7-3/h8,10,14-15H,5-7,9H2,1-4H3. The second-order valence-corrected chi connectivity index (χ2v) is 7.58. The van der Waals surface area contributed by atoms with Gasteiger partial charge in [0.1, 0.15) is 0 Å². The molecule has 0 fully saturated rings. The van der Waals surface area contributed by atoms with Crippen LogP contribution in [0.3, 0.4) is 0 Å². The molecule has 1 heterocycles. The number of thiophene rings is 1. The Kier molecular flexibility index (Phi) is 5.98. The highest BCUT2D eigenvalue weighted by molar-refractivity contribution is 7.89. The number of nitrogens with one attached hydrogen (secondary N) is 2. The molecular weight excluding hydrogens is 280 g/mol. The van der Waals surface area contributed by atoms with Gasteiger partial charge in [0.25, 0.3) is 0 Å². The fourth-order valence-electron chi connectivity index (χ4n) is 1.62. The topological polar surface area (TPSA) is 58.2 Å². The third-order valence-corrected chi connectivity index (χ3v) is 6.13. The van der Waals surface area contributed by atoms with Gasteiger partial charge < -0.3 is 5.32 Å². The molecule has 0 atom stereocenters. The lowest BCUT2D eigenvalue weighted by atomic mass is 9.98. The minimum atomic E-state index is -3.41. The van der Waals surface area contributed by atoms with E-state index in [2.05, 4.69) is 10.0 Å². The molecule has 2 N–H and O–H groups in total. The second kappa shape index (κ2) is 6.83. The molecule has 0 aliphatic rings. The van der Waals surface area contributed by atoms with Crippen molar-refractivity contribution in [3.05, 3.63) is 16.3 Å². The third-order valence-electron chi connectivity index (χ3n) is 3.43. The van der Waals surface area contributed by atoms with Gasteiger partial charge in [-0.25, -0.2) is 13.1 Å². The Morgan fingerprint density at radius 3 is 2.42 bits per heavy atom. The summed E-state index contributed by atoms with van der Waals surface area (Å²) in [6.45, 7) is 9.56. The lowest BCUT2D eigenvalue weighted by Gasteiger charge is -2.27. The Hall–Kier alpha value is -0.430. The molecule has 0 aliphatic carbocycles. The zero-order chi connectivity index (χ0) is 14.5. The molecule has 1 rings (SSSR count). The van der Waals surface area contributed by atoms with Crippen molar-refractivity contribution in [3.63, 3.8) is 0 Å². The SMILES string of the molecule is CCNCc1cc(S(=O)(=O)NC(C)(CC)CC)cs1. The van der Waals surface area contributed by atoms with E-state index in [1.54, 1.807) is 11.4 Å². The second-order valence-electron chi connectivity index (χ2n) is 4.90. The average Bonchev–Trinajstić information content (AvgIpc) is 2.85. The van der Waals surface area contributed by atoms with Crippen LogP contribution in [0.15, 0.2) is 16.3 Å². The van der Waals surface area contributed by atoms with Crippen LogP contribution in [-0.4, -0.2) is 20.5 Å². The quantitative estimate of drug-likeness (QED) is 0.776. The first-order valence-electron chi connectivity index (χ1n) is 6.69. The van der Waals surface area contributed by atoms with Crippen molar-refractivity contribution in [2.75, 3.05) is 6.54 Å². The van der Waals surface area contributed by atoms with Crippen LogP contribution < -0.4 is 10.0 Å². The maximum atomic E-state index is 12.3. The van der Waals surface area contributed by atoms with Crippen LogP contribution in [0, 0.1) is 0 Å². The molecular formula is C13H24N2O2S2. The van der Waals surface area contributed by atoms with E-state index >= 15 is 0 Å². The van der Waals surface area contributed by atoms with Gasteiger partial charge in [-0.15, -0.1) is 11.3 Å². The number of hydrogen-bond donors (Lipinski definition) is 2. The summed E-state index contributed by atoms with van der Waals surface area (Å²) in [5, 5.41) is 4.90. The van der Waals surface area contributed by atoms with Crippen LogP contribution in [0.2, 0.25) is 0 Å². The Bertz CT molecular complexity index is 490. The number of hydrogen-bond acceptors (Lipinski definition) is 4. The van der Waals surface area contributed by atoms with Gasteiger partial charge in [-0.1, -0.05) is 20.8 Å². The van der Waals surface area contributed by atoms with E-state index in [1.165, 1.54) is 11.3 Å². The molecule has 0 spiro atoms. The monoisotopic (exact) mass is 304 g/mol. The Morgan fingerprint density at radius 1 is 1.26 bits per heavy atom. The molecule has 0 saturated carbocycles. The number of rotatable bonds is 8. The summed E-state index contributed by atoms with van der Waals surface area (Å²) < 4.78 is 27.5. The van der Waals surface area contributed by atoms with Gasteiger partial charge in [-0.05, 0) is 32.4 Å². The fraction of sp³-hybridized carbons (Fsp3) is 0.692. The van der Waals surface area contributed by atoms with Crippen LogP contribution in [0.25, 0.3) is 0 Å². The van der Waals surface area contributed by atoms with Gasteiger partial charge in [0.2, 0.25) is 10.0 Å². The molecule has 0 aromatic carbocycles. The first-order valence-corrected chi connectivity index (χ1v) is 9.05. The molecule has 1 aromatic rings. The molecule has 0 amide bonds. The van der Waals surface area contributed by atoms with Gasteiger partial charge in [0, 0.05) is 22.3 Å². The van der Waals surface area contributed by atoms with Crippen molar-refractivity contribution in [1.29, 1.82) is 0 Å². The van der Waals surface area contributed by atoms with E-state index in [0.29, 0.717) is 4.90 Å². The maximum Gasteiger partial charge on any atom is 0.241 e. The Labute approximate surface area is 120 Å². The smallest absolute Gasteiger partial charge is 0.241 e. The molecule has 1 aromatic heterocycles. The molecule has 19 heavy (non-hydrogen) atoms. The molecule has 0 saturated heterocycles. The van der Waals surface area contributed by atoms with Crippen molar-refractivity contribution in [3.8, 4) is 0 Å². The highest BCUT2D eigenvalue weighted by atomic mass is 32.2. The van der Waals surface area contributed by atoms with E-state index in [0.717, 1.165) is 30.8 Å². The number of sulfonamides is 1. The lowest BCUT2D eigenvalue weighted by molar-refractivity contribution is 0.389. The van der Waals surface area contributed by atoms with Gasteiger partial charge in [0.05, 0.1) is 4.90 Å². The summed E-state index contributed by atoms with van der Waals surface area (Å²) in [7, 11) is -3.41. The summed E-state index contributed by atoms with van der Waals surface area (Å²) in [6.07, 6.45) is 1.55. The summed E-state index contributed by atoms with van der Waals surface area (Å²) in [4.78, 5) is 1.41. The van der Waals surface area contributed by atoms with Gasteiger partial charge >= 0.3 is 0 Å². The predicted molar refractivity (Wildman–Crippen MR) is 81.0 cm³/mol. The normalized spacial score (nSPS) is 12.8. The van der Waals surface area contributed by atoms with Crippen molar-refractivity contribution in [1.82, 2.24) is 10.0 Å². The lowest BCUT2D eigenvalue weighted by Crippen LogP contribution is -2.44. The molecule has 0 radical (unpaired) electrons. The van der Waals surface area contributed by atoms with Crippen molar-refractivity contribution < 1.29 is 8.42 Å². The van der Waals surface area contributed by atoms with Crippen LogP contribution in [0.1, 0.15) is 45.4 Å². The summed E-state index contributed by atoms with van der Waals surface area (Å²) in [5.74, 6) is 0. The van der Waals surface area contributed by atoms with Crippen LogP contribution >= 0.6 is 11.3 Å². The largest absolute Gasteiger partial charge is 0.312 e. The Morgan fingerprint density at radius 2 is 1.89 bits per heavy atom. The van der Waals surface area contributed by atoms with E-state index in [1.807, 2.05) is 27.7 Å². The molecule has 110 valence electrons. The zero-order valence-electron chi connectivity index (χ0n) is 12.1. The predicted octanol–water partition coefficient (Wildman–Crippen LogP) is 2.71. The summed E-state index contributed by atoms with van der Waals surface area (Å²) in [6, 6.07) is 1.75. The van der Waals surface area contributed by atoms with Crippen LogP contribution in [0.5, 0.6) is 0 Å². The third kappa shape index (κ3) is 4.56. The minimum absolute atomic E-state index is 0.372. The van der Waals surface area contributed by atoms with Gasteiger partial charge in [-0.2, -0.15) is 0 Å². The first-order chi connectivity index (χ1) is 8.87. The minimum Gasteiger partial charge on any atom is -0.312 e. The van der Waals surface area contributed by atoms with Crippen molar-refractivity contribution >= 4 is 21.4 Å². The van der Waals surface area contributed by atoms with Crippen LogP contribution in [0.4, 0.5) is 0 Å². The van der Waals surface area contributed by atoms with Crippen LogP contribution in [-0.2, 0) is 16.6 Å². The molecule has 4 nitrogen and oxygen atoms in total. The van der Waals surface area contributed by atoms with E-state index in [4.69, 9.17) is 0 Å². The van der Waals surface area contributed by atoms with Gasteiger partial charge in [-0.3, -0.25) is 0 Å². The molecule has 0 bridgehead atoms. The summed E-state index contributed by atoms with van der Waals surface area (Å²) >= 11 is 1.48.